The molecule has 0 amide bonds. The molecule has 0 fully saturated rings. The van der Waals surface area contributed by atoms with Crippen molar-refractivity contribution in [2.75, 3.05) is 19.7 Å². The van der Waals surface area contributed by atoms with Crippen LogP contribution in [-0.2, 0) is 0 Å². The first-order valence-electron chi connectivity index (χ1n) is 6.26. The molecule has 4 nitrogen and oxygen atoms in total. The predicted molar refractivity (Wildman–Crippen MR) is 73.8 cm³/mol. The molecule has 1 aromatic carbocycles. The summed E-state index contributed by atoms with van der Waals surface area (Å²) < 4.78 is 5.58. The van der Waals surface area contributed by atoms with Crippen LogP contribution < -0.4 is 15.8 Å². The van der Waals surface area contributed by atoms with E-state index in [-0.39, 0.29) is 12.1 Å². The van der Waals surface area contributed by atoms with E-state index in [0.29, 0.717) is 13.1 Å². The summed E-state index contributed by atoms with van der Waals surface area (Å²) in [7, 11) is 0. The lowest BCUT2D eigenvalue weighted by Crippen LogP contribution is -2.49. The zero-order chi connectivity index (χ0) is 13.6. The first-order chi connectivity index (χ1) is 8.44. The Labute approximate surface area is 109 Å². The standard InChI is InChI=1S/C14H24N2O2/c1-11-6-4-5-7-13(11)18-9-12(17)8-16-14(2,3)10-15/h4-7,12,16-17H,8-10,15H2,1-3H3. The Hall–Kier alpha value is -1.10. The van der Waals surface area contributed by atoms with Gasteiger partial charge in [-0.25, -0.2) is 0 Å². The Bertz CT molecular complexity index is 367. The average Bonchev–Trinajstić information content (AvgIpc) is 2.35. The SMILES string of the molecule is Cc1ccccc1OCC(O)CNC(C)(C)CN. The quantitative estimate of drug-likeness (QED) is 0.679. The summed E-state index contributed by atoms with van der Waals surface area (Å²) in [4.78, 5) is 0. The Balaban J connectivity index is 2.34. The lowest BCUT2D eigenvalue weighted by molar-refractivity contribution is 0.0991. The van der Waals surface area contributed by atoms with E-state index in [1.807, 2.05) is 45.0 Å². The van der Waals surface area contributed by atoms with Gasteiger partial charge in [0.2, 0.25) is 0 Å². The molecule has 0 saturated carbocycles. The number of ether oxygens (including phenoxy) is 1. The van der Waals surface area contributed by atoms with Gasteiger partial charge >= 0.3 is 0 Å². The molecule has 0 radical (unpaired) electrons. The van der Waals surface area contributed by atoms with Crippen LogP contribution >= 0.6 is 0 Å². The highest BCUT2D eigenvalue weighted by Crippen LogP contribution is 2.16. The summed E-state index contributed by atoms with van der Waals surface area (Å²) in [5.41, 5.74) is 6.51. The van der Waals surface area contributed by atoms with Crippen molar-refractivity contribution in [3.05, 3.63) is 29.8 Å². The third-order valence-corrected chi connectivity index (χ3v) is 2.85. The van der Waals surface area contributed by atoms with Crippen LogP contribution in [0.2, 0.25) is 0 Å². The molecule has 0 aromatic heterocycles. The normalized spacial score (nSPS) is 13.4. The van der Waals surface area contributed by atoms with Crippen LogP contribution in [0.5, 0.6) is 5.75 Å². The number of nitrogens with one attached hydrogen (secondary N) is 1. The molecule has 0 aliphatic carbocycles. The molecule has 0 aliphatic heterocycles. The van der Waals surface area contributed by atoms with Crippen LogP contribution in [0.15, 0.2) is 24.3 Å². The number of hydrogen-bond acceptors (Lipinski definition) is 4. The lowest BCUT2D eigenvalue weighted by Gasteiger charge is -2.26. The minimum atomic E-state index is -0.546. The molecule has 1 rings (SSSR count). The first kappa shape index (κ1) is 15.0. The van der Waals surface area contributed by atoms with E-state index in [4.69, 9.17) is 10.5 Å². The van der Waals surface area contributed by atoms with Crippen molar-refractivity contribution < 1.29 is 9.84 Å². The molecule has 18 heavy (non-hydrogen) atoms. The van der Waals surface area contributed by atoms with Gasteiger partial charge in [0.05, 0.1) is 0 Å². The van der Waals surface area contributed by atoms with E-state index in [9.17, 15) is 5.11 Å². The third kappa shape index (κ3) is 5.04. The van der Waals surface area contributed by atoms with Crippen LogP contribution in [0.1, 0.15) is 19.4 Å². The van der Waals surface area contributed by atoms with Gasteiger partial charge in [-0.1, -0.05) is 18.2 Å². The van der Waals surface area contributed by atoms with Crippen molar-refractivity contribution in [3.63, 3.8) is 0 Å². The molecule has 1 atom stereocenters. The summed E-state index contributed by atoms with van der Waals surface area (Å²) in [6, 6.07) is 7.77. The number of benzene rings is 1. The maximum atomic E-state index is 9.83. The number of aryl methyl sites for hydroxylation is 1. The fraction of sp³-hybridized carbons (Fsp3) is 0.571. The van der Waals surface area contributed by atoms with E-state index in [1.54, 1.807) is 0 Å². The van der Waals surface area contributed by atoms with Gasteiger partial charge < -0.3 is 20.9 Å². The molecule has 102 valence electrons. The number of aliphatic hydroxyl groups is 1. The molecule has 4 heteroatoms. The largest absolute Gasteiger partial charge is 0.491 e. The van der Waals surface area contributed by atoms with E-state index >= 15 is 0 Å². The smallest absolute Gasteiger partial charge is 0.122 e. The van der Waals surface area contributed by atoms with Crippen molar-refractivity contribution in [2.24, 2.45) is 5.73 Å². The van der Waals surface area contributed by atoms with Crippen molar-refractivity contribution >= 4 is 0 Å². The molecule has 1 aromatic rings. The number of nitrogens with two attached hydrogens (primary N) is 1. The van der Waals surface area contributed by atoms with Gasteiger partial charge in [-0.2, -0.15) is 0 Å². The van der Waals surface area contributed by atoms with Gasteiger partial charge in [-0.05, 0) is 32.4 Å². The van der Waals surface area contributed by atoms with Gasteiger partial charge in [0.15, 0.2) is 0 Å². The van der Waals surface area contributed by atoms with Crippen LogP contribution in [0.25, 0.3) is 0 Å². The topological polar surface area (TPSA) is 67.5 Å². The van der Waals surface area contributed by atoms with E-state index < -0.39 is 6.10 Å². The second-order valence-corrected chi connectivity index (χ2v) is 5.20. The van der Waals surface area contributed by atoms with Gasteiger partial charge in [0, 0.05) is 18.6 Å². The monoisotopic (exact) mass is 252 g/mol. The molecule has 0 bridgehead atoms. The zero-order valence-electron chi connectivity index (χ0n) is 11.4. The first-order valence-corrected chi connectivity index (χ1v) is 6.26. The van der Waals surface area contributed by atoms with E-state index in [1.165, 1.54) is 0 Å². The number of para-hydroxylation sites is 1. The number of β-amino-alcohol motifs (C(OH)–C–C–N with tert-alkyl or cyclic N) is 1. The zero-order valence-corrected chi connectivity index (χ0v) is 11.4. The van der Waals surface area contributed by atoms with Crippen LogP contribution in [0, 0.1) is 6.92 Å². The van der Waals surface area contributed by atoms with Gasteiger partial charge in [0.1, 0.15) is 18.5 Å². The van der Waals surface area contributed by atoms with E-state index in [0.717, 1.165) is 11.3 Å². The Kier molecular flexibility index (Phi) is 5.59. The Morgan fingerprint density at radius 2 is 2.06 bits per heavy atom. The third-order valence-electron chi connectivity index (χ3n) is 2.85. The van der Waals surface area contributed by atoms with E-state index in [2.05, 4.69) is 5.32 Å². The van der Waals surface area contributed by atoms with Crippen LogP contribution in [-0.4, -0.2) is 36.4 Å². The second-order valence-electron chi connectivity index (χ2n) is 5.20. The molecule has 0 saturated heterocycles. The maximum Gasteiger partial charge on any atom is 0.122 e. The summed E-state index contributed by atoms with van der Waals surface area (Å²) in [5.74, 6) is 0.814. The highest BCUT2D eigenvalue weighted by atomic mass is 16.5. The minimum absolute atomic E-state index is 0.163. The average molecular weight is 252 g/mol. The summed E-state index contributed by atoms with van der Waals surface area (Å²) >= 11 is 0. The minimum Gasteiger partial charge on any atom is -0.491 e. The number of hydrogen-bond donors (Lipinski definition) is 3. The fourth-order valence-corrected chi connectivity index (χ4v) is 1.43. The Morgan fingerprint density at radius 3 is 2.67 bits per heavy atom. The van der Waals surface area contributed by atoms with Crippen molar-refractivity contribution in [2.45, 2.75) is 32.4 Å². The second kappa shape index (κ2) is 6.73. The molecule has 0 aliphatic rings. The van der Waals surface area contributed by atoms with Crippen LogP contribution in [0.3, 0.4) is 0 Å². The molecule has 4 N–H and O–H groups in total. The molecular formula is C14H24N2O2. The highest BCUT2D eigenvalue weighted by molar-refractivity contribution is 5.31. The van der Waals surface area contributed by atoms with Gasteiger partial charge in [-0.3, -0.25) is 0 Å². The molecule has 0 heterocycles. The fourth-order valence-electron chi connectivity index (χ4n) is 1.43. The lowest BCUT2D eigenvalue weighted by atomic mass is 10.1. The number of aliphatic hydroxyl groups excluding tert-OH is 1. The maximum absolute atomic E-state index is 9.83. The summed E-state index contributed by atoms with van der Waals surface area (Å²) in [6.45, 7) is 7.26. The predicted octanol–water partition coefficient (Wildman–Crippen LogP) is 1.06. The van der Waals surface area contributed by atoms with Gasteiger partial charge in [0.25, 0.3) is 0 Å². The van der Waals surface area contributed by atoms with Gasteiger partial charge in [-0.15, -0.1) is 0 Å². The molecular weight excluding hydrogens is 228 g/mol. The molecule has 1 unspecified atom stereocenters. The molecule has 0 spiro atoms. The number of rotatable bonds is 7. The van der Waals surface area contributed by atoms with Crippen molar-refractivity contribution in [3.8, 4) is 5.75 Å². The van der Waals surface area contributed by atoms with Crippen molar-refractivity contribution in [1.82, 2.24) is 5.32 Å². The Morgan fingerprint density at radius 1 is 1.39 bits per heavy atom. The van der Waals surface area contributed by atoms with Crippen molar-refractivity contribution in [1.29, 1.82) is 0 Å². The highest BCUT2D eigenvalue weighted by Gasteiger charge is 2.16. The summed E-state index contributed by atoms with van der Waals surface area (Å²) in [5, 5.41) is 13.0. The van der Waals surface area contributed by atoms with Crippen LogP contribution in [0.4, 0.5) is 0 Å². The summed E-state index contributed by atoms with van der Waals surface area (Å²) in [6.07, 6.45) is -0.546.